The van der Waals surface area contributed by atoms with Crippen LogP contribution in [0.2, 0.25) is 0 Å². The zero-order valence-corrected chi connectivity index (χ0v) is 60.3. The Morgan fingerprint density at radius 1 is 0.307 bits per heavy atom. The van der Waals surface area contributed by atoms with E-state index in [4.69, 9.17) is 4.74 Å². The average molecular weight is 1240 g/mol. The van der Waals surface area contributed by atoms with E-state index in [1.54, 1.807) is 0 Å². The first kappa shape index (κ1) is 86.6. The molecule has 2 unspecified atom stereocenters. The molecule has 0 fully saturated rings. The Morgan fingerprint density at radius 3 is 0.807 bits per heavy atom. The Balaban J connectivity index is 3.31. The molecule has 0 aliphatic carbocycles. The van der Waals surface area contributed by atoms with Crippen molar-refractivity contribution < 1.29 is 24.5 Å². The predicted molar refractivity (Wildman–Crippen MR) is 389 cm³/mol. The summed E-state index contributed by atoms with van der Waals surface area (Å²) < 4.78 is 5.52. The van der Waals surface area contributed by atoms with E-state index in [2.05, 4.69) is 31.3 Å². The molecule has 0 aromatic heterocycles. The summed E-state index contributed by atoms with van der Waals surface area (Å²) in [7, 11) is 0. The Morgan fingerprint density at radius 2 is 0.534 bits per heavy atom. The maximum atomic E-state index is 12.6. The smallest absolute Gasteiger partial charge is 0.305 e. The zero-order chi connectivity index (χ0) is 63.5. The van der Waals surface area contributed by atoms with Crippen LogP contribution in [0.5, 0.6) is 0 Å². The van der Waals surface area contributed by atoms with Gasteiger partial charge < -0.3 is 20.3 Å². The topological polar surface area (TPSA) is 95.9 Å². The van der Waals surface area contributed by atoms with E-state index in [0.717, 1.165) is 38.5 Å². The third-order valence-electron chi connectivity index (χ3n) is 19.6. The molecule has 88 heavy (non-hydrogen) atoms. The highest BCUT2D eigenvalue weighted by atomic mass is 16.5. The molecule has 0 spiro atoms. The van der Waals surface area contributed by atoms with Crippen molar-refractivity contribution in [3.05, 3.63) is 12.2 Å². The summed E-state index contributed by atoms with van der Waals surface area (Å²) in [6.45, 7) is 5.01. The molecule has 1 amide bonds. The molecule has 0 aliphatic heterocycles. The molecule has 0 radical (unpaired) electrons. The van der Waals surface area contributed by atoms with Gasteiger partial charge in [0.1, 0.15) is 0 Å². The first-order valence-electron chi connectivity index (χ1n) is 40.9. The third-order valence-corrected chi connectivity index (χ3v) is 19.6. The molecule has 0 aromatic carbocycles. The lowest BCUT2D eigenvalue weighted by molar-refractivity contribution is -0.143. The number of amides is 1. The minimum absolute atomic E-state index is 0.0197. The summed E-state index contributed by atoms with van der Waals surface area (Å²) in [5, 5.41) is 23.5. The van der Waals surface area contributed by atoms with Gasteiger partial charge in [-0.3, -0.25) is 9.59 Å². The molecule has 0 aromatic rings. The van der Waals surface area contributed by atoms with Gasteiger partial charge in [-0.1, -0.05) is 424 Å². The highest BCUT2D eigenvalue weighted by molar-refractivity contribution is 5.76. The lowest BCUT2D eigenvalue weighted by atomic mass is 10.0. The number of aliphatic hydroxyl groups is 2. The minimum atomic E-state index is -0.662. The van der Waals surface area contributed by atoms with Crippen LogP contribution < -0.4 is 5.32 Å². The lowest BCUT2D eigenvalue weighted by Crippen LogP contribution is -2.45. The summed E-state index contributed by atoms with van der Waals surface area (Å²) in [6.07, 6.45) is 98.9. The van der Waals surface area contributed by atoms with Crippen molar-refractivity contribution in [1.29, 1.82) is 0 Å². The number of hydrogen-bond acceptors (Lipinski definition) is 5. The molecule has 2 atom stereocenters. The molecular formula is C82H161NO5. The van der Waals surface area contributed by atoms with Gasteiger partial charge in [0.25, 0.3) is 0 Å². The highest BCUT2D eigenvalue weighted by Gasteiger charge is 2.20. The first-order valence-corrected chi connectivity index (χ1v) is 40.9. The second-order valence-electron chi connectivity index (χ2n) is 28.5. The molecule has 6 nitrogen and oxygen atoms in total. The second kappa shape index (κ2) is 78.0. The fraction of sp³-hybridized carbons (Fsp3) is 0.951. The minimum Gasteiger partial charge on any atom is -0.466 e. The highest BCUT2D eigenvalue weighted by Crippen LogP contribution is 2.21. The monoisotopic (exact) mass is 1240 g/mol. The quantitative estimate of drug-likeness (QED) is 0.0320. The van der Waals surface area contributed by atoms with Crippen molar-refractivity contribution in [2.45, 2.75) is 488 Å². The van der Waals surface area contributed by atoms with E-state index in [1.165, 1.54) is 405 Å². The maximum Gasteiger partial charge on any atom is 0.305 e. The largest absolute Gasteiger partial charge is 0.466 e. The van der Waals surface area contributed by atoms with Gasteiger partial charge in [-0.2, -0.15) is 0 Å². The standard InChI is InChI=1S/C82H161NO5/c1-3-5-7-9-11-13-15-17-19-21-23-36-39-42-46-50-54-58-62-66-70-74-80(85)79(78-84)83-81(86)75-71-67-63-59-55-51-47-43-40-37-34-32-30-28-26-24-25-27-29-31-33-35-38-41-45-49-53-57-61-65-69-73-77-88-82(87)76-72-68-64-60-56-52-48-44-22-20-18-16-14-12-10-8-6-4-2/h20,22,79-80,84-85H,3-19,21,23-78H2,1-2H3,(H,83,86)/b22-20-. The Kier molecular flexibility index (Phi) is 76.8. The van der Waals surface area contributed by atoms with Crippen LogP contribution in [0.25, 0.3) is 0 Å². The van der Waals surface area contributed by atoms with Crippen LogP contribution in [0.15, 0.2) is 12.2 Å². The third kappa shape index (κ3) is 73.6. The Labute approximate surface area is 552 Å². The number of carbonyl (C=O) groups is 2. The molecule has 0 saturated heterocycles. The lowest BCUT2D eigenvalue weighted by Gasteiger charge is -2.22. The van der Waals surface area contributed by atoms with Gasteiger partial charge in [0.2, 0.25) is 5.91 Å². The molecule has 0 saturated carbocycles. The fourth-order valence-electron chi connectivity index (χ4n) is 13.3. The number of nitrogens with one attached hydrogen (secondary N) is 1. The van der Waals surface area contributed by atoms with Crippen molar-refractivity contribution in [3.8, 4) is 0 Å². The Hall–Kier alpha value is -1.40. The summed E-state index contributed by atoms with van der Waals surface area (Å²) in [4.78, 5) is 24.7. The fourth-order valence-corrected chi connectivity index (χ4v) is 13.3. The van der Waals surface area contributed by atoms with Crippen LogP contribution in [0.4, 0.5) is 0 Å². The van der Waals surface area contributed by atoms with Gasteiger partial charge in [-0.15, -0.1) is 0 Å². The molecule has 3 N–H and O–H groups in total. The van der Waals surface area contributed by atoms with Gasteiger partial charge in [0, 0.05) is 12.8 Å². The van der Waals surface area contributed by atoms with Crippen LogP contribution in [-0.4, -0.2) is 47.4 Å². The molecule has 0 aliphatic rings. The number of rotatable bonds is 78. The van der Waals surface area contributed by atoms with E-state index in [1.807, 2.05) is 0 Å². The van der Waals surface area contributed by atoms with E-state index in [0.29, 0.717) is 25.9 Å². The Bertz CT molecular complexity index is 1340. The summed E-state index contributed by atoms with van der Waals surface area (Å²) in [5.41, 5.74) is 0. The second-order valence-corrected chi connectivity index (χ2v) is 28.5. The average Bonchev–Trinajstić information content (AvgIpc) is 3.55. The van der Waals surface area contributed by atoms with Gasteiger partial charge in [0.15, 0.2) is 0 Å². The SMILES string of the molecule is CCCCCCCCC/C=C\CCCCCCCCCC(=O)OCCCCCCCCCCCCCCCCCCCCCCCCCCCCCCCCCCC(=O)NC(CO)C(O)CCCCCCCCCCCCCCCCCCCCCCC. The maximum absolute atomic E-state index is 12.6. The van der Waals surface area contributed by atoms with Gasteiger partial charge in [-0.25, -0.2) is 0 Å². The van der Waals surface area contributed by atoms with Crippen molar-refractivity contribution in [1.82, 2.24) is 5.32 Å². The molecule has 0 heterocycles. The van der Waals surface area contributed by atoms with Crippen molar-refractivity contribution >= 4 is 11.9 Å². The zero-order valence-electron chi connectivity index (χ0n) is 60.3. The molecule has 0 rings (SSSR count). The number of carbonyl (C=O) groups excluding carboxylic acids is 2. The molecule has 524 valence electrons. The van der Waals surface area contributed by atoms with E-state index in [9.17, 15) is 19.8 Å². The molecule has 6 heteroatoms. The van der Waals surface area contributed by atoms with Crippen molar-refractivity contribution in [2.75, 3.05) is 13.2 Å². The van der Waals surface area contributed by atoms with Crippen LogP contribution in [0.1, 0.15) is 476 Å². The van der Waals surface area contributed by atoms with Gasteiger partial charge in [-0.05, 0) is 51.4 Å². The van der Waals surface area contributed by atoms with Crippen molar-refractivity contribution in [2.24, 2.45) is 0 Å². The summed E-state index contributed by atoms with van der Waals surface area (Å²) >= 11 is 0. The molecular weight excluding hydrogens is 1080 g/mol. The van der Waals surface area contributed by atoms with Crippen LogP contribution in [0.3, 0.4) is 0 Å². The number of hydrogen-bond donors (Lipinski definition) is 3. The van der Waals surface area contributed by atoms with E-state index >= 15 is 0 Å². The number of aliphatic hydroxyl groups excluding tert-OH is 2. The number of allylic oxidation sites excluding steroid dienone is 2. The van der Waals surface area contributed by atoms with E-state index < -0.39 is 12.1 Å². The predicted octanol–water partition coefficient (Wildman–Crippen LogP) is 27.1. The van der Waals surface area contributed by atoms with Gasteiger partial charge in [0.05, 0.1) is 25.4 Å². The molecule has 0 bridgehead atoms. The first-order chi connectivity index (χ1) is 43.5. The van der Waals surface area contributed by atoms with Crippen LogP contribution >= 0.6 is 0 Å². The van der Waals surface area contributed by atoms with Gasteiger partial charge >= 0.3 is 5.97 Å². The van der Waals surface area contributed by atoms with Crippen LogP contribution in [-0.2, 0) is 14.3 Å². The number of esters is 1. The van der Waals surface area contributed by atoms with Crippen molar-refractivity contribution in [3.63, 3.8) is 0 Å². The van der Waals surface area contributed by atoms with E-state index in [-0.39, 0.29) is 18.5 Å². The number of unbranched alkanes of at least 4 members (excludes halogenated alkanes) is 65. The summed E-state index contributed by atoms with van der Waals surface area (Å²) in [5.74, 6) is -0.00488. The van der Waals surface area contributed by atoms with Crippen LogP contribution in [0, 0.1) is 0 Å². The normalized spacial score (nSPS) is 12.5. The summed E-state index contributed by atoms with van der Waals surface area (Å²) in [6, 6.07) is -0.538. The number of ether oxygens (including phenoxy) is 1.